The molecule has 4 nitrogen and oxygen atoms in total. The SMILES string of the molecule is CCCCC(CC)COC(=O)CCC(=O)Oc1ccc(F)c(F)c1F. The van der Waals surface area contributed by atoms with Gasteiger partial charge in [0, 0.05) is 0 Å². The number of benzene rings is 1. The number of carbonyl (C=O) groups excluding carboxylic acids is 2. The van der Waals surface area contributed by atoms with Crippen LogP contribution in [0.3, 0.4) is 0 Å². The van der Waals surface area contributed by atoms with Gasteiger partial charge in [-0.15, -0.1) is 0 Å². The van der Waals surface area contributed by atoms with Gasteiger partial charge in [-0.3, -0.25) is 9.59 Å². The molecule has 0 heterocycles. The van der Waals surface area contributed by atoms with Gasteiger partial charge in [0.15, 0.2) is 17.4 Å². The van der Waals surface area contributed by atoms with Crippen molar-refractivity contribution in [3.8, 4) is 5.75 Å². The summed E-state index contributed by atoms with van der Waals surface area (Å²) >= 11 is 0. The maximum Gasteiger partial charge on any atom is 0.311 e. The zero-order valence-electron chi connectivity index (χ0n) is 14.4. The molecule has 0 aliphatic carbocycles. The van der Waals surface area contributed by atoms with Crippen LogP contribution in [-0.2, 0) is 14.3 Å². The first-order valence-electron chi connectivity index (χ1n) is 8.38. The van der Waals surface area contributed by atoms with Crippen LogP contribution < -0.4 is 4.74 Å². The van der Waals surface area contributed by atoms with E-state index in [9.17, 15) is 22.8 Å². The van der Waals surface area contributed by atoms with Crippen molar-refractivity contribution < 1.29 is 32.2 Å². The van der Waals surface area contributed by atoms with Gasteiger partial charge in [0.2, 0.25) is 5.82 Å². The number of ether oxygens (including phenoxy) is 2. The predicted octanol–water partition coefficient (Wildman–Crippen LogP) is 4.55. The molecule has 1 unspecified atom stereocenters. The molecular weight excluding hydrogens is 337 g/mol. The van der Waals surface area contributed by atoms with Gasteiger partial charge in [0.25, 0.3) is 0 Å². The number of hydrogen-bond acceptors (Lipinski definition) is 4. The molecule has 0 amide bonds. The van der Waals surface area contributed by atoms with Gasteiger partial charge in [0.05, 0.1) is 19.4 Å². The van der Waals surface area contributed by atoms with Crippen LogP contribution in [0.5, 0.6) is 5.75 Å². The molecule has 0 saturated heterocycles. The molecule has 140 valence electrons. The van der Waals surface area contributed by atoms with Gasteiger partial charge in [-0.05, 0) is 24.5 Å². The molecular formula is C18H23F3O4. The van der Waals surface area contributed by atoms with E-state index >= 15 is 0 Å². The molecule has 1 aromatic rings. The topological polar surface area (TPSA) is 52.6 Å². The summed E-state index contributed by atoms with van der Waals surface area (Å²) < 4.78 is 48.9. The van der Waals surface area contributed by atoms with Crippen LogP contribution in [0.25, 0.3) is 0 Å². The van der Waals surface area contributed by atoms with E-state index in [1.54, 1.807) is 0 Å². The Balaban J connectivity index is 2.38. The zero-order valence-corrected chi connectivity index (χ0v) is 14.4. The van der Waals surface area contributed by atoms with E-state index in [1.807, 2.05) is 6.92 Å². The third-order valence-corrected chi connectivity index (χ3v) is 3.78. The van der Waals surface area contributed by atoms with Gasteiger partial charge < -0.3 is 9.47 Å². The Labute approximate surface area is 145 Å². The fraction of sp³-hybridized carbons (Fsp3) is 0.556. The monoisotopic (exact) mass is 360 g/mol. The number of rotatable bonds is 10. The molecule has 0 spiro atoms. The normalized spacial score (nSPS) is 11.9. The molecule has 0 radical (unpaired) electrons. The van der Waals surface area contributed by atoms with Crippen LogP contribution >= 0.6 is 0 Å². The summed E-state index contributed by atoms with van der Waals surface area (Å²) in [5, 5.41) is 0. The molecule has 1 atom stereocenters. The van der Waals surface area contributed by atoms with E-state index < -0.39 is 35.1 Å². The van der Waals surface area contributed by atoms with E-state index in [1.165, 1.54) is 0 Å². The highest BCUT2D eigenvalue weighted by molar-refractivity contribution is 5.79. The van der Waals surface area contributed by atoms with E-state index in [2.05, 4.69) is 11.7 Å². The Morgan fingerprint density at radius 3 is 2.36 bits per heavy atom. The summed E-state index contributed by atoms with van der Waals surface area (Å²) in [5.74, 6) is -6.61. The third-order valence-electron chi connectivity index (χ3n) is 3.78. The van der Waals surface area contributed by atoms with Gasteiger partial charge in [-0.2, -0.15) is 4.39 Å². The summed E-state index contributed by atoms with van der Waals surface area (Å²) in [6.07, 6.45) is 3.42. The number of unbranched alkanes of at least 4 members (excludes halogenated alkanes) is 1. The van der Waals surface area contributed by atoms with Crippen molar-refractivity contribution in [1.29, 1.82) is 0 Å². The first-order valence-corrected chi connectivity index (χ1v) is 8.38. The fourth-order valence-corrected chi connectivity index (χ4v) is 2.15. The van der Waals surface area contributed by atoms with Gasteiger partial charge in [0.1, 0.15) is 0 Å². The Kier molecular flexibility index (Phi) is 9.02. The number of esters is 2. The standard InChI is InChI=1S/C18H23F3O4/c1-3-5-6-12(4-2)11-24-15(22)9-10-16(23)25-14-8-7-13(19)17(20)18(14)21/h7-8,12H,3-6,9-11H2,1-2H3. The molecule has 0 fully saturated rings. The highest BCUT2D eigenvalue weighted by Gasteiger charge is 2.18. The zero-order chi connectivity index (χ0) is 18.8. The van der Waals surface area contributed by atoms with Crippen LogP contribution in [0.1, 0.15) is 52.4 Å². The fourth-order valence-electron chi connectivity index (χ4n) is 2.15. The van der Waals surface area contributed by atoms with Crippen LogP contribution in [0.2, 0.25) is 0 Å². The average molecular weight is 360 g/mol. The van der Waals surface area contributed by atoms with Crippen molar-refractivity contribution in [2.75, 3.05) is 6.61 Å². The van der Waals surface area contributed by atoms with Crippen LogP contribution in [0.15, 0.2) is 12.1 Å². The largest absolute Gasteiger partial charge is 0.465 e. The second-order valence-corrected chi connectivity index (χ2v) is 5.75. The lowest BCUT2D eigenvalue weighted by Gasteiger charge is -2.14. The lowest BCUT2D eigenvalue weighted by Crippen LogP contribution is -2.16. The number of halogens is 3. The van der Waals surface area contributed by atoms with Crippen molar-refractivity contribution in [3.05, 3.63) is 29.6 Å². The second kappa shape index (κ2) is 10.7. The molecule has 1 rings (SSSR count). The van der Waals surface area contributed by atoms with Gasteiger partial charge in [-0.1, -0.05) is 33.1 Å². The van der Waals surface area contributed by atoms with Crippen molar-refractivity contribution >= 4 is 11.9 Å². The Morgan fingerprint density at radius 2 is 1.72 bits per heavy atom. The van der Waals surface area contributed by atoms with Crippen LogP contribution in [0.4, 0.5) is 13.2 Å². The summed E-state index contributed by atoms with van der Waals surface area (Å²) in [5.41, 5.74) is 0. The van der Waals surface area contributed by atoms with E-state index in [-0.39, 0.29) is 18.8 Å². The van der Waals surface area contributed by atoms with E-state index in [0.717, 1.165) is 31.7 Å². The Bertz CT molecular complexity index is 590. The number of hydrogen-bond donors (Lipinski definition) is 0. The van der Waals surface area contributed by atoms with Crippen molar-refractivity contribution in [1.82, 2.24) is 0 Å². The van der Waals surface area contributed by atoms with Gasteiger partial charge >= 0.3 is 11.9 Å². The summed E-state index contributed by atoms with van der Waals surface area (Å²) in [6.45, 7) is 4.39. The lowest BCUT2D eigenvalue weighted by molar-refractivity contribution is -0.148. The number of carbonyl (C=O) groups is 2. The summed E-state index contributed by atoms with van der Waals surface area (Å²) in [7, 11) is 0. The highest BCUT2D eigenvalue weighted by atomic mass is 19.2. The molecule has 0 saturated carbocycles. The Morgan fingerprint density at radius 1 is 1.04 bits per heavy atom. The van der Waals surface area contributed by atoms with Crippen molar-refractivity contribution in [2.24, 2.45) is 5.92 Å². The Hall–Kier alpha value is -2.05. The minimum Gasteiger partial charge on any atom is -0.465 e. The minimum absolute atomic E-state index is 0.228. The molecule has 0 bridgehead atoms. The lowest BCUT2D eigenvalue weighted by atomic mass is 10.0. The highest BCUT2D eigenvalue weighted by Crippen LogP contribution is 2.22. The maximum atomic E-state index is 13.4. The smallest absolute Gasteiger partial charge is 0.311 e. The van der Waals surface area contributed by atoms with Crippen LogP contribution in [0, 0.1) is 23.4 Å². The van der Waals surface area contributed by atoms with Crippen molar-refractivity contribution in [3.63, 3.8) is 0 Å². The molecule has 7 heteroatoms. The third kappa shape index (κ3) is 7.15. The maximum absolute atomic E-state index is 13.4. The molecule has 1 aromatic carbocycles. The molecule has 0 N–H and O–H groups in total. The van der Waals surface area contributed by atoms with Crippen LogP contribution in [-0.4, -0.2) is 18.5 Å². The molecule has 0 aromatic heterocycles. The predicted molar refractivity (Wildman–Crippen MR) is 85.5 cm³/mol. The first kappa shape index (κ1) is 21.0. The molecule has 25 heavy (non-hydrogen) atoms. The van der Waals surface area contributed by atoms with E-state index in [0.29, 0.717) is 12.7 Å². The molecule has 0 aliphatic rings. The quantitative estimate of drug-likeness (QED) is 0.349. The summed E-state index contributed by atoms with van der Waals surface area (Å²) in [4.78, 5) is 23.2. The molecule has 0 aliphatic heterocycles. The van der Waals surface area contributed by atoms with E-state index in [4.69, 9.17) is 4.74 Å². The first-order chi connectivity index (χ1) is 11.9. The van der Waals surface area contributed by atoms with Crippen molar-refractivity contribution in [2.45, 2.75) is 52.4 Å². The average Bonchev–Trinajstić information content (AvgIpc) is 2.60. The summed E-state index contributed by atoms with van der Waals surface area (Å²) in [6, 6.07) is 1.46. The van der Waals surface area contributed by atoms with Gasteiger partial charge in [-0.25, -0.2) is 8.78 Å². The minimum atomic E-state index is -1.72. The second-order valence-electron chi connectivity index (χ2n) is 5.75.